The van der Waals surface area contributed by atoms with Gasteiger partial charge in [0.05, 0.1) is 30.6 Å². The summed E-state index contributed by atoms with van der Waals surface area (Å²) in [5, 5.41) is 63.3. The van der Waals surface area contributed by atoms with Crippen molar-refractivity contribution < 1.29 is 64.8 Å². The maximum absolute atomic E-state index is 9.98. The standard InChI is InChI=1S/C6H6N2O2.C6H12O7.Zn/c9-6(10)2-1-5-3-7-4-8-5;7-1-2(8)3(9)4(10)5(11)6(12)13;/h1-4H,(H,7,8)(H,9,10);2-5,7-11H,1H2,(H,12,13);/q;;+2/p-2/t;2-,3-,4+,5-;/m.1./s1. The van der Waals surface area contributed by atoms with Crippen molar-refractivity contribution in [2.24, 2.45) is 0 Å². The van der Waals surface area contributed by atoms with Crippen LogP contribution in [0.25, 0.3) is 6.08 Å². The Kier molecular flexibility index (Phi) is 13.0. The van der Waals surface area contributed by atoms with E-state index in [-0.39, 0.29) is 19.5 Å². The molecular formula is C12H16N2O9Zn. The Balaban J connectivity index is 0. The first-order valence-corrected chi connectivity index (χ1v) is 6.12. The van der Waals surface area contributed by atoms with Gasteiger partial charge in [-0.3, -0.25) is 0 Å². The largest absolute Gasteiger partial charge is 2.00 e. The van der Waals surface area contributed by atoms with Crippen LogP contribution in [0.15, 0.2) is 18.6 Å². The van der Waals surface area contributed by atoms with Crippen LogP contribution in [0.1, 0.15) is 5.69 Å². The molecule has 130 valence electrons. The minimum absolute atomic E-state index is 0. The molecule has 1 rings (SSSR count). The van der Waals surface area contributed by atoms with Gasteiger partial charge in [0.15, 0.2) is 0 Å². The van der Waals surface area contributed by atoms with Crippen molar-refractivity contribution in [2.75, 3.05) is 6.61 Å². The molecule has 0 spiro atoms. The molecule has 0 bridgehead atoms. The molecule has 0 radical (unpaired) electrons. The van der Waals surface area contributed by atoms with Gasteiger partial charge < -0.3 is 50.3 Å². The van der Waals surface area contributed by atoms with E-state index in [0.29, 0.717) is 5.69 Å². The molecule has 6 N–H and O–H groups in total. The number of nitrogens with one attached hydrogen (secondary N) is 1. The molecule has 11 nitrogen and oxygen atoms in total. The minimum Gasteiger partial charge on any atom is -0.547 e. The quantitative estimate of drug-likeness (QED) is 0.189. The van der Waals surface area contributed by atoms with Crippen LogP contribution in [0.5, 0.6) is 0 Å². The number of carboxylic acids is 2. The molecule has 12 heteroatoms. The molecule has 0 aromatic carbocycles. The molecule has 0 amide bonds. The van der Waals surface area contributed by atoms with Gasteiger partial charge in [-0.25, -0.2) is 4.98 Å². The molecule has 0 fully saturated rings. The van der Waals surface area contributed by atoms with Crippen molar-refractivity contribution in [1.29, 1.82) is 0 Å². The molecule has 1 heterocycles. The number of hydrogen-bond donors (Lipinski definition) is 6. The van der Waals surface area contributed by atoms with Gasteiger partial charge in [0.25, 0.3) is 0 Å². The molecule has 1 aromatic heterocycles. The van der Waals surface area contributed by atoms with E-state index < -0.39 is 43.0 Å². The number of nitrogens with zero attached hydrogens (tertiary/aromatic N) is 1. The molecular weight excluding hydrogens is 382 g/mol. The van der Waals surface area contributed by atoms with Gasteiger partial charge in [-0.05, 0) is 12.2 Å². The first-order valence-electron chi connectivity index (χ1n) is 6.12. The zero-order chi connectivity index (χ0) is 18.0. The fraction of sp³-hybridized carbons (Fsp3) is 0.417. The van der Waals surface area contributed by atoms with E-state index in [0.717, 1.165) is 6.08 Å². The number of imidazole rings is 1. The summed E-state index contributed by atoms with van der Waals surface area (Å²) in [7, 11) is 0. The minimum atomic E-state index is -2.31. The number of aliphatic carboxylic acids is 2. The Morgan fingerprint density at radius 1 is 1.21 bits per heavy atom. The molecule has 0 aliphatic heterocycles. The van der Waals surface area contributed by atoms with E-state index in [2.05, 4.69) is 9.97 Å². The van der Waals surface area contributed by atoms with Crippen LogP contribution < -0.4 is 10.2 Å². The van der Waals surface area contributed by atoms with E-state index >= 15 is 0 Å². The SMILES string of the molecule is O=C([O-])C=Cc1c[nH]cn1.O=C([O-])[C@H](O)[C@@H](O)[C@H](O)[C@H](O)CO.[Zn+2]. The summed E-state index contributed by atoms with van der Waals surface area (Å²) < 4.78 is 0. The molecule has 4 atom stereocenters. The summed E-state index contributed by atoms with van der Waals surface area (Å²) in [6, 6.07) is 0. The number of hydrogen-bond acceptors (Lipinski definition) is 10. The van der Waals surface area contributed by atoms with Gasteiger partial charge in [-0.15, -0.1) is 0 Å². The molecule has 0 saturated carbocycles. The van der Waals surface area contributed by atoms with Gasteiger partial charge in [0, 0.05) is 6.20 Å². The van der Waals surface area contributed by atoms with Crippen molar-refractivity contribution in [3.05, 3.63) is 24.3 Å². The number of aromatic amines is 1. The summed E-state index contributed by atoms with van der Waals surface area (Å²) in [4.78, 5) is 26.3. The van der Waals surface area contributed by atoms with Crippen molar-refractivity contribution in [3.8, 4) is 0 Å². The number of aliphatic hydroxyl groups excluding tert-OH is 5. The molecule has 0 unspecified atom stereocenters. The Morgan fingerprint density at radius 2 is 1.79 bits per heavy atom. The number of H-pyrrole nitrogens is 1. The summed E-state index contributed by atoms with van der Waals surface area (Å²) in [6.45, 7) is -0.863. The molecule has 0 saturated heterocycles. The van der Waals surface area contributed by atoms with E-state index in [1.54, 1.807) is 6.20 Å². The second-order valence-electron chi connectivity index (χ2n) is 4.14. The number of carbonyl (C=O) groups is 2. The number of aliphatic hydroxyl groups is 5. The van der Waals surface area contributed by atoms with Crippen LogP contribution in [0.4, 0.5) is 0 Å². The maximum atomic E-state index is 9.98. The number of carboxylic acid groups (broad SMARTS) is 2. The Bertz CT molecular complexity index is 509. The summed E-state index contributed by atoms with van der Waals surface area (Å²) in [5.41, 5.74) is 0.573. The van der Waals surface area contributed by atoms with Crippen molar-refractivity contribution >= 4 is 18.0 Å². The first kappa shape index (κ1) is 24.6. The third kappa shape index (κ3) is 9.45. The summed E-state index contributed by atoms with van der Waals surface area (Å²) in [6.07, 6.45) is -2.75. The summed E-state index contributed by atoms with van der Waals surface area (Å²) in [5.74, 6) is -3.19. The normalized spacial score (nSPS) is 15.4. The second kappa shape index (κ2) is 12.7. The van der Waals surface area contributed by atoms with Crippen LogP contribution >= 0.6 is 0 Å². The average molecular weight is 398 g/mol. The maximum Gasteiger partial charge on any atom is 2.00 e. The molecule has 0 aliphatic carbocycles. The van der Waals surface area contributed by atoms with Crippen molar-refractivity contribution in [1.82, 2.24) is 9.97 Å². The topological polar surface area (TPSA) is 210 Å². The van der Waals surface area contributed by atoms with Crippen LogP contribution in [0.2, 0.25) is 0 Å². The zero-order valence-corrected chi connectivity index (χ0v) is 15.3. The van der Waals surface area contributed by atoms with Crippen LogP contribution in [0.3, 0.4) is 0 Å². The predicted octanol–water partition coefficient (Wildman–Crippen LogP) is -5.66. The third-order valence-corrected chi connectivity index (χ3v) is 2.41. The predicted molar refractivity (Wildman–Crippen MR) is 68.7 cm³/mol. The van der Waals surface area contributed by atoms with Gasteiger partial charge in [-0.2, -0.15) is 0 Å². The van der Waals surface area contributed by atoms with Crippen LogP contribution in [0, 0.1) is 0 Å². The van der Waals surface area contributed by atoms with Crippen molar-refractivity contribution in [2.45, 2.75) is 24.4 Å². The Hall–Kier alpha value is -1.69. The van der Waals surface area contributed by atoms with Gasteiger partial charge in [0.2, 0.25) is 0 Å². The average Bonchev–Trinajstić information content (AvgIpc) is 3.03. The zero-order valence-electron chi connectivity index (χ0n) is 12.3. The smallest absolute Gasteiger partial charge is 0.547 e. The van der Waals surface area contributed by atoms with Gasteiger partial charge >= 0.3 is 19.5 Å². The van der Waals surface area contributed by atoms with Crippen LogP contribution in [-0.4, -0.2) is 78.5 Å². The third-order valence-electron chi connectivity index (χ3n) is 2.41. The number of rotatable bonds is 7. The van der Waals surface area contributed by atoms with E-state index in [1.165, 1.54) is 12.4 Å². The fourth-order valence-electron chi connectivity index (χ4n) is 1.18. The molecule has 1 aromatic rings. The van der Waals surface area contributed by atoms with Crippen molar-refractivity contribution in [3.63, 3.8) is 0 Å². The number of aromatic nitrogens is 2. The monoisotopic (exact) mass is 396 g/mol. The fourth-order valence-corrected chi connectivity index (χ4v) is 1.18. The van der Waals surface area contributed by atoms with Crippen LogP contribution in [-0.2, 0) is 29.1 Å². The van der Waals surface area contributed by atoms with Gasteiger partial charge in [0.1, 0.15) is 24.4 Å². The first-order chi connectivity index (χ1) is 10.7. The number of carbonyl (C=O) groups excluding carboxylic acids is 2. The van der Waals surface area contributed by atoms with E-state index in [9.17, 15) is 19.8 Å². The van der Waals surface area contributed by atoms with Gasteiger partial charge in [-0.1, -0.05) is 0 Å². The second-order valence-corrected chi connectivity index (χ2v) is 4.14. The Morgan fingerprint density at radius 3 is 2.17 bits per heavy atom. The molecule has 24 heavy (non-hydrogen) atoms. The Labute approximate surface area is 148 Å². The van der Waals surface area contributed by atoms with E-state index in [1.807, 2.05) is 0 Å². The molecule has 0 aliphatic rings. The van der Waals surface area contributed by atoms with E-state index in [4.69, 9.17) is 25.5 Å². The summed E-state index contributed by atoms with van der Waals surface area (Å²) >= 11 is 0.